The van der Waals surface area contributed by atoms with Gasteiger partial charge in [0.05, 0.1) is 12.5 Å². The van der Waals surface area contributed by atoms with Gasteiger partial charge in [0.2, 0.25) is 23.6 Å². The van der Waals surface area contributed by atoms with Crippen LogP contribution in [0.2, 0.25) is 0 Å². The third-order valence-corrected chi connectivity index (χ3v) is 4.89. The van der Waals surface area contributed by atoms with Crippen LogP contribution in [-0.2, 0) is 33.6 Å². The topological polar surface area (TPSA) is 294 Å². The lowest BCUT2D eigenvalue weighted by molar-refractivity contribution is -0.144. The minimum absolute atomic E-state index is 0.254. The Hall–Kier alpha value is -3.79. The number of amides is 4. The van der Waals surface area contributed by atoms with Crippen LogP contribution in [0.1, 0.15) is 51.4 Å². The number of carbonyl (C=O) groups is 7. The fraction of sp³-hybridized carbons (Fsp3) is 0.650. The molecule has 0 fully saturated rings. The van der Waals surface area contributed by atoms with E-state index >= 15 is 0 Å². The van der Waals surface area contributed by atoms with Crippen molar-refractivity contribution in [2.75, 3.05) is 6.54 Å². The molecule has 4 unspecified atom stereocenters. The van der Waals surface area contributed by atoms with Gasteiger partial charge in [0, 0.05) is 12.8 Å². The second kappa shape index (κ2) is 16.8. The molecule has 0 aliphatic carbocycles. The van der Waals surface area contributed by atoms with Gasteiger partial charge in [0.1, 0.15) is 18.1 Å². The van der Waals surface area contributed by atoms with Crippen molar-refractivity contribution in [3.8, 4) is 0 Å². The molecule has 0 aromatic carbocycles. The van der Waals surface area contributed by atoms with E-state index in [2.05, 4.69) is 10.6 Å². The lowest BCUT2D eigenvalue weighted by atomic mass is 10.1. The molecule has 16 heteroatoms. The molecule has 4 atom stereocenters. The summed E-state index contributed by atoms with van der Waals surface area (Å²) >= 11 is 0. The molecular weight excluding hydrogens is 484 g/mol. The number of nitrogens with one attached hydrogen (secondary N) is 3. The van der Waals surface area contributed by atoms with Crippen molar-refractivity contribution in [2.45, 2.75) is 75.5 Å². The van der Waals surface area contributed by atoms with Crippen molar-refractivity contribution in [1.29, 1.82) is 0 Å². The first-order valence-corrected chi connectivity index (χ1v) is 11.1. The van der Waals surface area contributed by atoms with Gasteiger partial charge in [-0.15, -0.1) is 0 Å². The summed E-state index contributed by atoms with van der Waals surface area (Å²) in [6.07, 6.45) is -1.28. The zero-order valence-electron chi connectivity index (χ0n) is 19.6. The molecular formula is C20H34N6O10. The lowest BCUT2D eigenvalue weighted by Crippen LogP contribution is -2.57. The van der Waals surface area contributed by atoms with Crippen molar-refractivity contribution in [1.82, 2.24) is 16.0 Å². The molecule has 0 aromatic heterocycles. The number of hydrogen-bond donors (Lipinski definition) is 9. The van der Waals surface area contributed by atoms with E-state index in [4.69, 9.17) is 27.4 Å². The number of carboxylic acid groups (broad SMARTS) is 3. The Morgan fingerprint density at radius 3 is 1.69 bits per heavy atom. The summed E-state index contributed by atoms with van der Waals surface area (Å²) in [4.78, 5) is 82.2. The average Bonchev–Trinajstić information content (AvgIpc) is 2.77. The van der Waals surface area contributed by atoms with Gasteiger partial charge in [-0.3, -0.25) is 28.8 Å². The fourth-order valence-corrected chi connectivity index (χ4v) is 2.93. The van der Waals surface area contributed by atoms with Crippen LogP contribution in [0.15, 0.2) is 0 Å². The van der Waals surface area contributed by atoms with Gasteiger partial charge in [-0.25, -0.2) is 4.79 Å². The first kappa shape index (κ1) is 32.2. The fourth-order valence-electron chi connectivity index (χ4n) is 2.93. The summed E-state index contributed by atoms with van der Waals surface area (Å²) in [6.45, 7) is 0.393. The minimum Gasteiger partial charge on any atom is -0.481 e. The standard InChI is InChI=1S/C20H34N6O10/c21-8-2-1-3-10(22)17(32)24-11(4-6-14(23)27)18(33)26-13(9-16(30)31)19(34)25-12(20(35)36)5-7-15(28)29/h10-13H,1-9,21-22H2,(H2,23,27)(H,24,32)(H,25,34)(H,26,33)(H,28,29)(H,30,31)(H,35,36). The van der Waals surface area contributed by atoms with Gasteiger partial charge in [-0.05, 0) is 32.2 Å². The van der Waals surface area contributed by atoms with Crippen LogP contribution in [0.3, 0.4) is 0 Å². The zero-order valence-corrected chi connectivity index (χ0v) is 19.6. The van der Waals surface area contributed by atoms with Crippen LogP contribution < -0.4 is 33.2 Å². The smallest absolute Gasteiger partial charge is 0.326 e. The first-order chi connectivity index (χ1) is 16.8. The Morgan fingerprint density at radius 2 is 1.19 bits per heavy atom. The number of hydrogen-bond acceptors (Lipinski definition) is 9. The third-order valence-electron chi connectivity index (χ3n) is 4.89. The van der Waals surface area contributed by atoms with Gasteiger partial charge < -0.3 is 48.5 Å². The number of carboxylic acids is 3. The van der Waals surface area contributed by atoms with Crippen LogP contribution in [0.4, 0.5) is 0 Å². The Kier molecular flexibility index (Phi) is 15.0. The van der Waals surface area contributed by atoms with Crippen LogP contribution in [0, 0.1) is 0 Å². The summed E-state index contributed by atoms with van der Waals surface area (Å²) in [6, 6.07) is -5.88. The van der Waals surface area contributed by atoms with Gasteiger partial charge in [0.15, 0.2) is 0 Å². The van der Waals surface area contributed by atoms with Crippen molar-refractivity contribution in [2.24, 2.45) is 17.2 Å². The maximum absolute atomic E-state index is 12.8. The molecule has 0 radical (unpaired) electrons. The predicted molar refractivity (Wildman–Crippen MR) is 122 cm³/mol. The number of aliphatic carboxylic acids is 3. The number of carbonyl (C=O) groups excluding carboxylic acids is 4. The van der Waals surface area contributed by atoms with Gasteiger partial charge >= 0.3 is 17.9 Å². The zero-order chi connectivity index (χ0) is 27.8. The lowest BCUT2D eigenvalue weighted by Gasteiger charge is -2.24. The molecule has 0 heterocycles. The van der Waals surface area contributed by atoms with Crippen LogP contribution in [-0.4, -0.2) is 87.6 Å². The summed E-state index contributed by atoms with van der Waals surface area (Å²) < 4.78 is 0. The van der Waals surface area contributed by atoms with Crippen LogP contribution in [0.5, 0.6) is 0 Å². The Labute approximate surface area is 206 Å². The number of unbranched alkanes of at least 4 members (excludes halogenated alkanes) is 1. The molecule has 0 spiro atoms. The number of nitrogens with two attached hydrogens (primary N) is 3. The highest BCUT2D eigenvalue weighted by Crippen LogP contribution is 2.05. The van der Waals surface area contributed by atoms with Crippen LogP contribution >= 0.6 is 0 Å². The van der Waals surface area contributed by atoms with Crippen molar-refractivity contribution >= 4 is 41.5 Å². The first-order valence-electron chi connectivity index (χ1n) is 11.1. The molecule has 0 saturated heterocycles. The second-order valence-electron chi connectivity index (χ2n) is 7.95. The number of primary amides is 1. The Morgan fingerprint density at radius 1 is 0.667 bits per heavy atom. The average molecular weight is 519 g/mol. The van der Waals surface area contributed by atoms with Crippen molar-refractivity contribution < 1.29 is 48.9 Å². The summed E-state index contributed by atoms with van der Waals surface area (Å²) in [5, 5.41) is 33.5. The molecule has 0 aromatic rings. The monoisotopic (exact) mass is 518 g/mol. The summed E-state index contributed by atoms with van der Waals surface area (Å²) in [5.74, 6) is -8.19. The summed E-state index contributed by atoms with van der Waals surface area (Å²) in [7, 11) is 0. The molecule has 0 rings (SSSR count). The van der Waals surface area contributed by atoms with E-state index in [0.717, 1.165) is 0 Å². The second-order valence-corrected chi connectivity index (χ2v) is 7.95. The van der Waals surface area contributed by atoms with E-state index in [1.54, 1.807) is 0 Å². The molecule has 0 saturated carbocycles. The van der Waals surface area contributed by atoms with Gasteiger partial charge in [-0.2, -0.15) is 0 Å². The van der Waals surface area contributed by atoms with E-state index in [1.165, 1.54) is 0 Å². The van der Waals surface area contributed by atoms with E-state index in [9.17, 15) is 38.7 Å². The largest absolute Gasteiger partial charge is 0.481 e. The van der Waals surface area contributed by atoms with Gasteiger partial charge in [0.25, 0.3) is 0 Å². The molecule has 0 aliphatic heterocycles. The maximum atomic E-state index is 12.8. The van der Waals surface area contributed by atoms with Gasteiger partial charge in [-0.1, -0.05) is 6.42 Å². The van der Waals surface area contributed by atoms with Crippen molar-refractivity contribution in [3.05, 3.63) is 0 Å². The van der Waals surface area contributed by atoms with E-state index < -0.39 is 85.0 Å². The SMILES string of the molecule is NCCCCC(N)C(=O)NC(CCC(N)=O)C(=O)NC(CC(=O)O)C(=O)NC(CCC(=O)O)C(=O)O. The van der Waals surface area contributed by atoms with E-state index in [-0.39, 0.29) is 19.3 Å². The van der Waals surface area contributed by atoms with Crippen molar-refractivity contribution in [3.63, 3.8) is 0 Å². The highest BCUT2D eigenvalue weighted by molar-refractivity contribution is 5.95. The summed E-state index contributed by atoms with van der Waals surface area (Å²) in [5.41, 5.74) is 16.3. The highest BCUT2D eigenvalue weighted by Gasteiger charge is 2.31. The maximum Gasteiger partial charge on any atom is 0.326 e. The number of rotatable bonds is 19. The molecule has 0 aliphatic rings. The van der Waals surface area contributed by atoms with E-state index in [1.807, 2.05) is 5.32 Å². The van der Waals surface area contributed by atoms with E-state index in [0.29, 0.717) is 19.4 Å². The highest BCUT2D eigenvalue weighted by atomic mass is 16.4. The molecule has 204 valence electrons. The predicted octanol–water partition coefficient (Wildman–Crippen LogP) is -3.41. The third kappa shape index (κ3) is 13.8. The molecule has 4 amide bonds. The normalized spacial score (nSPS) is 13.9. The Bertz CT molecular complexity index is 821. The molecule has 16 nitrogen and oxygen atoms in total. The van der Waals surface area contributed by atoms with Crippen LogP contribution in [0.25, 0.3) is 0 Å². The molecule has 36 heavy (non-hydrogen) atoms. The quantitative estimate of drug-likeness (QED) is 0.0755. The molecule has 0 bridgehead atoms. The minimum atomic E-state index is -1.78. The molecule has 12 N–H and O–H groups in total. The Balaban J connectivity index is 5.53.